The van der Waals surface area contributed by atoms with E-state index in [-0.39, 0.29) is 22.1 Å². The van der Waals surface area contributed by atoms with Crippen molar-refractivity contribution in [3.63, 3.8) is 0 Å². The maximum Gasteiger partial charge on any atom is 0.573 e. The number of ether oxygens (including phenoxy) is 3. The van der Waals surface area contributed by atoms with E-state index in [0.29, 0.717) is 5.92 Å². The minimum Gasteiger partial charge on any atom is -0.465 e. The molecule has 0 amide bonds. The van der Waals surface area contributed by atoms with E-state index < -0.39 is 18.1 Å². The van der Waals surface area contributed by atoms with Crippen LogP contribution in [0, 0.1) is 0 Å². The molecule has 1 heterocycles. The second-order valence-electron chi connectivity index (χ2n) is 5.61. The third-order valence-corrected chi connectivity index (χ3v) is 3.94. The minimum atomic E-state index is -4.85. The lowest BCUT2D eigenvalue weighted by molar-refractivity contribution is -0.274. The van der Waals surface area contributed by atoms with Crippen molar-refractivity contribution < 1.29 is 32.2 Å². The Balaban J connectivity index is 1.88. The van der Waals surface area contributed by atoms with E-state index in [1.54, 1.807) is 6.07 Å². The van der Waals surface area contributed by atoms with Crippen LogP contribution < -0.4 is 9.47 Å². The van der Waals surface area contributed by atoms with Crippen LogP contribution in [0.1, 0.15) is 34.8 Å². The van der Waals surface area contributed by atoms with Crippen LogP contribution in [-0.2, 0) is 4.74 Å². The van der Waals surface area contributed by atoms with Gasteiger partial charge in [0.2, 0.25) is 0 Å². The predicted molar refractivity (Wildman–Crippen MR) is 85.8 cm³/mol. The van der Waals surface area contributed by atoms with Crippen LogP contribution in [0.5, 0.6) is 17.2 Å². The number of esters is 1. The lowest BCUT2D eigenvalue weighted by atomic mass is 10.2. The average molecular weight is 388 g/mol. The summed E-state index contributed by atoms with van der Waals surface area (Å²) in [5.41, 5.74) is 0.874. The Morgan fingerprint density at radius 2 is 1.96 bits per heavy atom. The van der Waals surface area contributed by atoms with E-state index in [2.05, 4.69) is 9.72 Å². The first-order valence-electron chi connectivity index (χ1n) is 7.58. The molecule has 0 aliphatic heterocycles. The Morgan fingerprint density at radius 3 is 2.54 bits per heavy atom. The molecule has 1 aliphatic carbocycles. The normalized spacial score (nSPS) is 14.0. The van der Waals surface area contributed by atoms with Crippen molar-refractivity contribution >= 4 is 17.6 Å². The van der Waals surface area contributed by atoms with E-state index in [1.165, 1.54) is 25.4 Å². The number of carbonyl (C=O) groups is 1. The summed E-state index contributed by atoms with van der Waals surface area (Å²) < 4.78 is 51.1. The molecule has 1 saturated carbocycles. The molecule has 9 heteroatoms. The largest absolute Gasteiger partial charge is 0.573 e. The number of halogens is 4. The van der Waals surface area contributed by atoms with Gasteiger partial charge in [0.1, 0.15) is 22.8 Å². The highest BCUT2D eigenvalue weighted by Crippen LogP contribution is 2.41. The molecule has 138 valence electrons. The number of alkyl halides is 3. The monoisotopic (exact) mass is 387 g/mol. The van der Waals surface area contributed by atoms with Gasteiger partial charge in [-0.3, -0.25) is 4.98 Å². The molecule has 1 aliphatic rings. The highest BCUT2D eigenvalue weighted by atomic mass is 35.5. The van der Waals surface area contributed by atoms with Gasteiger partial charge in [0.15, 0.2) is 0 Å². The van der Waals surface area contributed by atoms with Gasteiger partial charge < -0.3 is 14.2 Å². The summed E-state index contributed by atoms with van der Waals surface area (Å²) in [5.74, 6) is -0.543. The summed E-state index contributed by atoms with van der Waals surface area (Å²) in [4.78, 5) is 16.1. The first-order valence-corrected chi connectivity index (χ1v) is 7.96. The van der Waals surface area contributed by atoms with Crippen LogP contribution in [0.4, 0.5) is 13.2 Å². The zero-order valence-electron chi connectivity index (χ0n) is 13.5. The van der Waals surface area contributed by atoms with Gasteiger partial charge in [-0.15, -0.1) is 13.2 Å². The summed E-state index contributed by atoms with van der Waals surface area (Å²) in [6.45, 7) is 0. The SMILES string of the molecule is COC(=O)c1cnc(C2CC2)cc1Oc1ccc(OC(F)(F)F)c(Cl)c1. The first kappa shape index (κ1) is 18.3. The molecule has 5 nitrogen and oxygen atoms in total. The first-order chi connectivity index (χ1) is 12.3. The molecule has 1 aromatic heterocycles. The second-order valence-corrected chi connectivity index (χ2v) is 6.02. The molecule has 0 radical (unpaired) electrons. The number of rotatable bonds is 5. The fourth-order valence-corrected chi connectivity index (χ4v) is 2.49. The zero-order chi connectivity index (χ0) is 18.9. The summed E-state index contributed by atoms with van der Waals surface area (Å²) in [6.07, 6.45) is -1.50. The van der Waals surface area contributed by atoms with Gasteiger partial charge >= 0.3 is 12.3 Å². The zero-order valence-corrected chi connectivity index (χ0v) is 14.2. The van der Waals surface area contributed by atoms with Gasteiger partial charge in [-0.25, -0.2) is 4.79 Å². The summed E-state index contributed by atoms with van der Waals surface area (Å²) in [7, 11) is 1.22. The number of nitrogens with zero attached hydrogens (tertiary/aromatic N) is 1. The smallest absolute Gasteiger partial charge is 0.465 e. The Labute approximate surface area is 151 Å². The quantitative estimate of drug-likeness (QED) is 0.669. The van der Waals surface area contributed by atoms with Gasteiger partial charge in [-0.05, 0) is 25.0 Å². The second kappa shape index (κ2) is 7.03. The van der Waals surface area contributed by atoms with Gasteiger partial charge in [0, 0.05) is 29.9 Å². The van der Waals surface area contributed by atoms with Gasteiger partial charge in [-0.2, -0.15) is 0 Å². The lowest BCUT2D eigenvalue weighted by Crippen LogP contribution is -2.17. The van der Waals surface area contributed by atoms with E-state index >= 15 is 0 Å². The maximum absolute atomic E-state index is 12.3. The third-order valence-electron chi connectivity index (χ3n) is 3.64. The maximum atomic E-state index is 12.3. The molecular formula is C17H13ClF3NO4. The fourth-order valence-electron chi connectivity index (χ4n) is 2.28. The molecule has 0 bridgehead atoms. The van der Waals surface area contributed by atoms with Crippen LogP contribution in [0.25, 0.3) is 0 Å². The Kier molecular flexibility index (Phi) is 4.95. The van der Waals surface area contributed by atoms with Crippen molar-refractivity contribution in [2.45, 2.75) is 25.1 Å². The highest BCUT2D eigenvalue weighted by Gasteiger charge is 2.32. The van der Waals surface area contributed by atoms with E-state index in [9.17, 15) is 18.0 Å². The van der Waals surface area contributed by atoms with Crippen LogP contribution in [0.3, 0.4) is 0 Å². The molecule has 1 aromatic carbocycles. The van der Waals surface area contributed by atoms with Crippen molar-refractivity contribution in [1.29, 1.82) is 0 Å². The number of hydrogen-bond donors (Lipinski definition) is 0. The molecule has 1 fully saturated rings. The standard InChI is InChI=1S/C17H13ClF3NO4/c1-24-16(23)11-8-22-13(9-2-3-9)7-15(11)25-10-4-5-14(12(18)6-10)26-17(19,20)21/h4-9H,2-3H2,1H3. The highest BCUT2D eigenvalue weighted by molar-refractivity contribution is 6.32. The van der Waals surface area contributed by atoms with Crippen LogP contribution >= 0.6 is 11.6 Å². The molecule has 3 rings (SSSR count). The predicted octanol–water partition coefficient (Wildman–Crippen LogP) is 5.09. The van der Waals surface area contributed by atoms with Gasteiger partial charge in [-0.1, -0.05) is 11.6 Å². The Hall–Kier alpha value is -2.48. The van der Waals surface area contributed by atoms with Crippen LogP contribution in [-0.4, -0.2) is 24.4 Å². The summed E-state index contributed by atoms with van der Waals surface area (Å²) in [6, 6.07) is 5.08. The van der Waals surface area contributed by atoms with Crippen molar-refractivity contribution in [1.82, 2.24) is 4.98 Å². The number of hydrogen-bond acceptors (Lipinski definition) is 5. The minimum absolute atomic E-state index is 0.101. The lowest BCUT2D eigenvalue weighted by Gasteiger charge is -2.13. The molecule has 26 heavy (non-hydrogen) atoms. The Morgan fingerprint density at radius 1 is 1.23 bits per heavy atom. The molecule has 0 N–H and O–H groups in total. The average Bonchev–Trinajstić information content (AvgIpc) is 3.40. The van der Waals surface area contributed by atoms with E-state index in [4.69, 9.17) is 21.1 Å². The van der Waals surface area contributed by atoms with Crippen molar-refractivity contribution in [3.05, 3.63) is 46.7 Å². The molecule has 0 unspecified atom stereocenters. The molecule has 0 saturated heterocycles. The van der Waals surface area contributed by atoms with Crippen LogP contribution in [0.15, 0.2) is 30.5 Å². The van der Waals surface area contributed by atoms with E-state index in [0.717, 1.165) is 24.6 Å². The van der Waals surface area contributed by atoms with E-state index in [1.807, 2.05) is 0 Å². The fraction of sp³-hybridized carbons (Fsp3) is 0.294. The number of pyridine rings is 1. The third kappa shape index (κ3) is 4.37. The molecule has 0 atom stereocenters. The Bertz CT molecular complexity index is 837. The number of aromatic nitrogens is 1. The van der Waals surface area contributed by atoms with Crippen molar-refractivity contribution in [2.75, 3.05) is 7.11 Å². The summed E-state index contributed by atoms with van der Waals surface area (Å²) in [5, 5.41) is -0.282. The number of benzene rings is 1. The van der Waals surface area contributed by atoms with Crippen molar-refractivity contribution in [3.8, 4) is 17.2 Å². The van der Waals surface area contributed by atoms with Crippen LogP contribution in [0.2, 0.25) is 5.02 Å². The molecular weight excluding hydrogens is 375 g/mol. The van der Waals surface area contributed by atoms with Gasteiger partial charge in [0.05, 0.1) is 12.1 Å². The van der Waals surface area contributed by atoms with Crippen molar-refractivity contribution in [2.24, 2.45) is 0 Å². The topological polar surface area (TPSA) is 57.7 Å². The molecule has 2 aromatic rings. The number of carbonyl (C=O) groups excluding carboxylic acids is 1. The summed E-state index contributed by atoms with van der Waals surface area (Å²) >= 11 is 5.81. The number of methoxy groups -OCH3 is 1. The molecule has 0 spiro atoms. The van der Waals surface area contributed by atoms with Gasteiger partial charge in [0.25, 0.3) is 0 Å².